The van der Waals surface area contributed by atoms with Gasteiger partial charge in [0, 0.05) is 17.1 Å². The molecular formula is C18H11ClF3N5O. The molecule has 0 atom stereocenters. The van der Waals surface area contributed by atoms with Crippen LogP contribution in [0.4, 0.5) is 18.9 Å². The zero-order valence-corrected chi connectivity index (χ0v) is 14.7. The van der Waals surface area contributed by atoms with Crippen molar-refractivity contribution in [3.63, 3.8) is 0 Å². The molecule has 1 amide bonds. The number of aromatic nitrogens is 4. The number of aromatic amines is 1. The number of alkyl halides is 3. The Morgan fingerprint density at radius 1 is 1.14 bits per heavy atom. The van der Waals surface area contributed by atoms with Crippen LogP contribution in [0.15, 0.2) is 54.7 Å². The van der Waals surface area contributed by atoms with Gasteiger partial charge in [-0.1, -0.05) is 23.7 Å². The molecule has 0 radical (unpaired) electrons. The van der Waals surface area contributed by atoms with Crippen molar-refractivity contribution in [2.24, 2.45) is 0 Å². The zero-order valence-electron chi connectivity index (χ0n) is 14.0. The third-order valence-corrected chi connectivity index (χ3v) is 4.33. The highest BCUT2D eigenvalue weighted by molar-refractivity contribution is 6.32. The maximum absolute atomic E-state index is 13.2. The maximum Gasteiger partial charge on any atom is 0.435 e. The van der Waals surface area contributed by atoms with E-state index in [4.69, 9.17) is 11.6 Å². The van der Waals surface area contributed by atoms with E-state index in [1.165, 1.54) is 12.1 Å². The van der Waals surface area contributed by atoms with E-state index in [9.17, 15) is 18.0 Å². The van der Waals surface area contributed by atoms with Crippen molar-refractivity contribution in [1.29, 1.82) is 0 Å². The predicted octanol–water partition coefficient (Wildman–Crippen LogP) is 4.67. The van der Waals surface area contributed by atoms with Crippen molar-refractivity contribution in [2.45, 2.75) is 6.18 Å². The number of amides is 1. The number of halogens is 4. The molecule has 0 aliphatic heterocycles. The van der Waals surface area contributed by atoms with E-state index < -0.39 is 17.8 Å². The minimum Gasteiger partial charge on any atom is -0.321 e. The number of anilines is 1. The van der Waals surface area contributed by atoms with Crippen molar-refractivity contribution in [3.05, 3.63) is 71.1 Å². The van der Waals surface area contributed by atoms with Gasteiger partial charge in [0.1, 0.15) is 5.69 Å². The van der Waals surface area contributed by atoms with E-state index in [0.29, 0.717) is 17.3 Å². The minimum absolute atomic E-state index is 0.159. The first-order valence-corrected chi connectivity index (χ1v) is 8.37. The molecule has 4 rings (SSSR count). The van der Waals surface area contributed by atoms with Crippen molar-refractivity contribution in [2.75, 3.05) is 5.32 Å². The smallest absolute Gasteiger partial charge is 0.321 e. The van der Waals surface area contributed by atoms with Gasteiger partial charge in [0.2, 0.25) is 0 Å². The number of nitrogens with one attached hydrogen (secondary N) is 2. The lowest BCUT2D eigenvalue weighted by molar-refractivity contribution is -0.141. The van der Waals surface area contributed by atoms with Crippen LogP contribution in [0.1, 0.15) is 16.2 Å². The summed E-state index contributed by atoms with van der Waals surface area (Å²) in [5.41, 5.74) is -0.267. The largest absolute Gasteiger partial charge is 0.435 e. The van der Waals surface area contributed by atoms with Crippen LogP contribution in [0, 0.1) is 0 Å². The van der Waals surface area contributed by atoms with Crippen molar-refractivity contribution in [3.8, 4) is 5.69 Å². The summed E-state index contributed by atoms with van der Waals surface area (Å²) < 4.78 is 40.4. The molecule has 0 saturated heterocycles. The van der Waals surface area contributed by atoms with Crippen molar-refractivity contribution in [1.82, 2.24) is 20.0 Å². The highest BCUT2D eigenvalue weighted by atomic mass is 35.5. The summed E-state index contributed by atoms with van der Waals surface area (Å²) in [5, 5.41) is 13.8. The number of hydrogen-bond acceptors (Lipinski definition) is 3. The fourth-order valence-corrected chi connectivity index (χ4v) is 2.91. The molecule has 6 nitrogen and oxygen atoms in total. The lowest BCUT2D eigenvalue weighted by atomic mass is 10.2. The van der Waals surface area contributed by atoms with Gasteiger partial charge in [0.15, 0.2) is 5.69 Å². The molecule has 28 heavy (non-hydrogen) atoms. The van der Waals surface area contributed by atoms with Gasteiger partial charge in [-0.25, -0.2) is 4.68 Å². The molecule has 142 valence electrons. The molecule has 2 aromatic heterocycles. The van der Waals surface area contributed by atoms with E-state index in [1.807, 2.05) is 0 Å². The third-order valence-electron chi connectivity index (χ3n) is 4.01. The number of para-hydroxylation sites is 1. The summed E-state index contributed by atoms with van der Waals surface area (Å²) in [4.78, 5) is 12.7. The van der Waals surface area contributed by atoms with E-state index in [-0.39, 0.29) is 16.4 Å². The first-order valence-electron chi connectivity index (χ1n) is 7.99. The number of fused-ring (bicyclic) bond motifs is 1. The number of rotatable bonds is 3. The van der Waals surface area contributed by atoms with Gasteiger partial charge >= 0.3 is 6.18 Å². The van der Waals surface area contributed by atoms with E-state index in [1.54, 1.807) is 36.5 Å². The Labute approximate surface area is 160 Å². The molecule has 2 heterocycles. The molecule has 0 aliphatic rings. The number of carbonyl (C=O) groups excluding carboxylic acids is 1. The molecule has 10 heteroatoms. The summed E-state index contributed by atoms with van der Waals surface area (Å²) in [5.74, 6) is -0.762. The Hall–Kier alpha value is -3.33. The van der Waals surface area contributed by atoms with Crippen LogP contribution in [0.25, 0.3) is 16.6 Å². The molecule has 0 saturated carbocycles. The Morgan fingerprint density at radius 3 is 2.68 bits per heavy atom. The average molecular weight is 406 g/mol. The van der Waals surface area contributed by atoms with Crippen LogP contribution < -0.4 is 5.32 Å². The Kier molecular flexibility index (Phi) is 4.31. The first-order chi connectivity index (χ1) is 13.3. The number of H-pyrrole nitrogens is 1. The highest BCUT2D eigenvalue weighted by Gasteiger charge is 2.36. The molecule has 0 fully saturated rings. The topological polar surface area (TPSA) is 75.6 Å². The summed E-state index contributed by atoms with van der Waals surface area (Å²) in [6.07, 6.45) is -3.10. The van der Waals surface area contributed by atoms with Gasteiger partial charge < -0.3 is 5.32 Å². The number of carbonyl (C=O) groups is 1. The van der Waals surface area contributed by atoms with Crippen LogP contribution in [-0.2, 0) is 6.18 Å². The highest BCUT2D eigenvalue weighted by Crippen LogP contribution is 2.31. The van der Waals surface area contributed by atoms with E-state index >= 15 is 0 Å². The summed E-state index contributed by atoms with van der Waals surface area (Å²) >= 11 is 6.09. The fourth-order valence-electron chi connectivity index (χ4n) is 2.70. The Balaban J connectivity index is 1.75. The van der Waals surface area contributed by atoms with E-state index in [2.05, 4.69) is 20.6 Å². The second-order valence-electron chi connectivity index (χ2n) is 5.90. The molecule has 0 spiro atoms. The molecular weight excluding hydrogens is 395 g/mol. The number of nitrogens with zero attached hydrogens (tertiary/aromatic N) is 3. The monoisotopic (exact) mass is 405 g/mol. The normalized spacial score (nSPS) is 11.7. The van der Waals surface area contributed by atoms with Gasteiger partial charge in [0.05, 0.1) is 22.4 Å². The molecule has 0 unspecified atom stereocenters. The summed E-state index contributed by atoms with van der Waals surface area (Å²) in [6.45, 7) is 0. The van der Waals surface area contributed by atoms with Gasteiger partial charge in [-0.05, 0) is 30.3 Å². The van der Waals surface area contributed by atoms with Crippen LogP contribution in [-0.4, -0.2) is 25.9 Å². The first kappa shape index (κ1) is 18.1. The SMILES string of the molecule is O=C(Nc1ccc2cn[nH]c2c1)c1cc(C(F)(F)F)nn1-c1ccccc1Cl. The quantitative estimate of drug-likeness (QED) is 0.520. The van der Waals surface area contributed by atoms with Crippen LogP contribution >= 0.6 is 11.6 Å². The summed E-state index contributed by atoms with van der Waals surface area (Å²) in [6, 6.07) is 11.8. The molecule has 2 N–H and O–H groups in total. The molecule has 4 aromatic rings. The molecule has 0 bridgehead atoms. The zero-order chi connectivity index (χ0) is 19.9. The van der Waals surface area contributed by atoms with Crippen LogP contribution in [0.3, 0.4) is 0 Å². The van der Waals surface area contributed by atoms with Crippen LogP contribution in [0.2, 0.25) is 5.02 Å². The van der Waals surface area contributed by atoms with Gasteiger partial charge in [-0.2, -0.15) is 23.4 Å². The lowest BCUT2D eigenvalue weighted by Gasteiger charge is -2.10. The fraction of sp³-hybridized carbons (Fsp3) is 0.0556. The lowest BCUT2D eigenvalue weighted by Crippen LogP contribution is -2.17. The Morgan fingerprint density at radius 2 is 1.93 bits per heavy atom. The minimum atomic E-state index is -4.71. The molecule has 0 aliphatic carbocycles. The third kappa shape index (κ3) is 3.31. The van der Waals surface area contributed by atoms with Gasteiger partial charge in [-0.15, -0.1) is 0 Å². The Bertz CT molecular complexity index is 1180. The van der Waals surface area contributed by atoms with E-state index in [0.717, 1.165) is 10.1 Å². The molecule has 2 aromatic carbocycles. The number of benzene rings is 2. The summed E-state index contributed by atoms with van der Waals surface area (Å²) in [7, 11) is 0. The number of hydrogen-bond donors (Lipinski definition) is 2. The maximum atomic E-state index is 13.2. The standard InChI is InChI=1S/C18H11ClF3N5O/c19-12-3-1-2-4-14(12)27-15(8-16(26-27)18(20,21)22)17(28)24-11-6-5-10-9-23-25-13(10)7-11/h1-9H,(H,23,25)(H,24,28). The van der Waals surface area contributed by atoms with Crippen LogP contribution in [0.5, 0.6) is 0 Å². The second kappa shape index (κ2) is 6.68. The second-order valence-corrected chi connectivity index (χ2v) is 6.31. The average Bonchev–Trinajstić information content (AvgIpc) is 3.28. The van der Waals surface area contributed by atoms with Gasteiger partial charge in [0.25, 0.3) is 5.91 Å². The van der Waals surface area contributed by atoms with Crippen molar-refractivity contribution >= 4 is 34.1 Å². The predicted molar refractivity (Wildman–Crippen MR) is 97.6 cm³/mol. The van der Waals surface area contributed by atoms with Crippen molar-refractivity contribution < 1.29 is 18.0 Å². The van der Waals surface area contributed by atoms with Gasteiger partial charge in [-0.3, -0.25) is 9.89 Å².